The molecule has 0 aliphatic rings. The van der Waals surface area contributed by atoms with Crippen LogP contribution < -0.4 is 5.56 Å². The van der Waals surface area contributed by atoms with Gasteiger partial charge in [-0.3, -0.25) is 4.79 Å². The molecule has 0 saturated carbocycles. The quantitative estimate of drug-likeness (QED) is 0.689. The highest BCUT2D eigenvalue weighted by molar-refractivity contribution is 5.82. The van der Waals surface area contributed by atoms with Gasteiger partial charge in [0.1, 0.15) is 0 Å². The topological polar surface area (TPSA) is 71.8 Å². The lowest BCUT2D eigenvalue weighted by molar-refractivity contribution is 0.394. The second-order valence-corrected chi connectivity index (χ2v) is 3.74. The molecule has 84 valence electrons. The highest BCUT2D eigenvalue weighted by Crippen LogP contribution is 2.16. The van der Waals surface area contributed by atoms with E-state index in [0.29, 0.717) is 17.3 Å². The van der Waals surface area contributed by atoms with Gasteiger partial charge in [0, 0.05) is 12.4 Å². The molecule has 0 amide bonds. The van der Waals surface area contributed by atoms with Crippen molar-refractivity contribution in [2.24, 2.45) is 0 Å². The Hall–Kier alpha value is -2.43. The van der Waals surface area contributed by atoms with Crippen molar-refractivity contribution in [3.8, 4) is 11.4 Å². The first-order chi connectivity index (χ1) is 8.24. The Morgan fingerprint density at radius 1 is 1.29 bits per heavy atom. The number of aromatic amines is 1. The highest BCUT2D eigenvalue weighted by atomic mass is 16.5. The lowest BCUT2D eigenvalue weighted by Crippen LogP contribution is -2.09. The maximum atomic E-state index is 11.9. The van der Waals surface area contributed by atoms with Crippen LogP contribution in [-0.4, -0.2) is 15.1 Å². The molecule has 3 aromatic rings. The third-order valence-corrected chi connectivity index (χ3v) is 2.52. The van der Waals surface area contributed by atoms with Gasteiger partial charge in [-0.2, -0.15) is 4.98 Å². The second kappa shape index (κ2) is 3.55. The molecule has 0 bridgehead atoms. The molecule has 1 aromatic carbocycles. The predicted molar refractivity (Wildman–Crippen MR) is 62.6 cm³/mol. The summed E-state index contributed by atoms with van der Waals surface area (Å²) in [5.41, 5.74) is 0.992. The van der Waals surface area contributed by atoms with Gasteiger partial charge >= 0.3 is 0 Å². The molecule has 0 saturated heterocycles. The summed E-state index contributed by atoms with van der Waals surface area (Å²) in [4.78, 5) is 18.7. The van der Waals surface area contributed by atoms with Gasteiger partial charge in [0.05, 0.1) is 5.56 Å². The Labute approximate surface area is 96.1 Å². The van der Waals surface area contributed by atoms with Crippen molar-refractivity contribution in [2.45, 2.75) is 6.92 Å². The molecule has 0 fully saturated rings. The van der Waals surface area contributed by atoms with E-state index in [0.717, 1.165) is 10.9 Å². The van der Waals surface area contributed by atoms with Gasteiger partial charge in [-0.15, -0.1) is 0 Å². The zero-order chi connectivity index (χ0) is 11.8. The predicted octanol–water partition coefficient (Wildman–Crippen LogP) is 1.89. The summed E-state index contributed by atoms with van der Waals surface area (Å²) < 4.78 is 4.87. The molecule has 0 unspecified atom stereocenters. The van der Waals surface area contributed by atoms with Crippen LogP contribution in [0.25, 0.3) is 22.3 Å². The number of fused-ring (bicyclic) bond motifs is 1. The first-order valence-corrected chi connectivity index (χ1v) is 5.17. The molecule has 1 N–H and O–H groups in total. The average Bonchev–Trinajstić information content (AvgIpc) is 2.75. The summed E-state index contributed by atoms with van der Waals surface area (Å²) in [5, 5.41) is 4.68. The van der Waals surface area contributed by atoms with Crippen LogP contribution in [0.1, 0.15) is 5.89 Å². The number of benzene rings is 1. The molecule has 0 aliphatic heterocycles. The van der Waals surface area contributed by atoms with Crippen molar-refractivity contribution in [1.29, 1.82) is 0 Å². The number of nitrogens with zero attached hydrogens (tertiary/aromatic N) is 2. The van der Waals surface area contributed by atoms with Crippen molar-refractivity contribution in [2.75, 3.05) is 0 Å². The van der Waals surface area contributed by atoms with Crippen LogP contribution in [0, 0.1) is 6.92 Å². The van der Waals surface area contributed by atoms with Crippen molar-refractivity contribution < 1.29 is 4.52 Å². The first kappa shape index (κ1) is 9.77. The smallest absolute Gasteiger partial charge is 0.259 e. The van der Waals surface area contributed by atoms with Crippen LogP contribution in [0.15, 0.2) is 39.6 Å². The normalized spacial score (nSPS) is 10.9. The monoisotopic (exact) mass is 227 g/mol. The Morgan fingerprint density at radius 2 is 2.12 bits per heavy atom. The standard InChI is InChI=1S/C12H9N3O2/c1-7-13-11(15-17-7)9-6-8-4-2-3-5-10(8)14-12(9)16/h2-6H,1H3,(H,14,16). The maximum absolute atomic E-state index is 11.9. The largest absolute Gasteiger partial charge is 0.339 e. The molecular weight excluding hydrogens is 218 g/mol. The molecule has 3 rings (SSSR count). The minimum Gasteiger partial charge on any atom is -0.339 e. The molecule has 2 aromatic heterocycles. The van der Waals surface area contributed by atoms with Crippen LogP contribution >= 0.6 is 0 Å². The van der Waals surface area contributed by atoms with Crippen molar-refractivity contribution >= 4 is 10.9 Å². The number of H-pyrrole nitrogens is 1. The molecular formula is C12H9N3O2. The number of aromatic nitrogens is 3. The van der Waals surface area contributed by atoms with Crippen LogP contribution in [0.3, 0.4) is 0 Å². The Balaban J connectivity index is 2.30. The van der Waals surface area contributed by atoms with Crippen LogP contribution in [0.5, 0.6) is 0 Å². The second-order valence-electron chi connectivity index (χ2n) is 3.74. The van der Waals surface area contributed by atoms with E-state index in [1.54, 1.807) is 13.0 Å². The van der Waals surface area contributed by atoms with Crippen molar-refractivity contribution in [3.63, 3.8) is 0 Å². The minimum absolute atomic E-state index is 0.218. The van der Waals surface area contributed by atoms with Gasteiger partial charge in [-0.05, 0) is 17.5 Å². The molecule has 5 heteroatoms. The molecule has 0 aliphatic carbocycles. The van der Waals surface area contributed by atoms with E-state index >= 15 is 0 Å². The van der Waals surface area contributed by atoms with Gasteiger partial charge in [-0.1, -0.05) is 23.4 Å². The third kappa shape index (κ3) is 1.61. The first-order valence-electron chi connectivity index (χ1n) is 5.17. The zero-order valence-corrected chi connectivity index (χ0v) is 9.10. The summed E-state index contributed by atoms with van der Waals surface area (Å²) >= 11 is 0. The third-order valence-electron chi connectivity index (χ3n) is 2.52. The molecule has 0 spiro atoms. The Morgan fingerprint density at radius 3 is 2.88 bits per heavy atom. The lowest BCUT2D eigenvalue weighted by atomic mass is 10.1. The molecule has 0 atom stereocenters. The van der Waals surface area contributed by atoms with Gasteiger partial charge in [0.2, 0.25) is 11.7 Å². The van der Waals surface area contributed by atoms with Crippen LogP contribution in [-0.2, 0) is 0 Å². The Bertz CT molecular complexity index is 743. The molecule has 5 nitrogen and oxygen atoms in total. The molecule has 0 radical (unpaired) electrons. The Kier molecular flexibility index (Phi) is 2.04. The number of para-hydroxylation sites is 1. The fourth-order valence-corrected chi connectivity index (χ4v) is 1.72. The number of nitrogens with one attached hydrogen (secondary N) is 1. The zero-order valence-electron chi connectivity index (χ0n) is 9.10. The molecule has 2 heterocycles. The van der Waals surface area contributed by atoms with E-state index in [9.17, 15) is 4.79 Å². The van der Waals surface area contributed by atoms with Gasteiger partial charge in [0.25, 0.3) is 5.56 Å². The fraction of sp³-hybridized carbons (Fsp3) is 0.0833. The highest BCUT2D eigenvalue weighted by Gasteiger charge is 2.10. The van der Waals surface area contributed by atoms with Crippen LogP contribution in [0.4, 0.5) is 0 Å². The van der Waals surface area contributed by atoms with E-state index in [4.69, 9.17) is 4.52 Å². The van der Waals surface area contributed by atoms with Crippen LogP contribution in [0.2, 0.25) is 0 Å². The van der Waals surface area contributed by atoms with Gasteiger partial charge < -0.3 is 9.51 Å². The van der Waals surface area contributed by atoms with Gasteiger partial charge in [-0.25, -0.2) is 0 Å². The summed E-state index contributed by atoms with van der Waals surface area (Å²) in [5.74, 6) is 0.752. The summed E-state index contributed by atoms with van der Waals surface area (Å²) in [7, 11) is 0. The van der Waals surface area contributed by atoms with E-state index in [2.05, 4.69) is 15.1 Å². The lowest BCUT2D eigenvalue weighted by Gasteiger charge is -1.98. The number of hydrogen-bond donors (Lipinski definition) is 1. The average molecular weight is 227 g/mol. The summed E-state index contributed by atoms with van der Waals surface area (Å²) in [6, 6.07) is 9.31. The van der Waals surface area contributed by atoms with Crippen molar-refractivity contribution in [3.05, 3.63) is 46.6 Å². The van der Waals surface area contributed by atoms with E-state index in [-0.39, 0.29) is 5.56 Å². The number of rotatable bonds is 1. The summed E-state index contributed by atoms with van der Waals surface area (Å²) in [6.45, 7) is 1.69. The maximum Gasteiger partial charge on any atom is 0.259 e. The van der Waals surface area contributed by atoms with E-state index < -0.39 is 0 Å². The van der Waals surface area contributed by atoms with Crippen molar-refractivity contribution in [1.82, 2.24) is 15.1 Å². The minimum atomic E-state index is -0.218. The van der Waals surface area contributed by atoms with Gasteiger partial charge in [0.15, 0.2) is 0 Å². The number of hydrogen-bond acceptors (Lipinski definition) is 4. The van der Waals surface area contributed by atoms with E-state index in [1.807, 2.05) is 24.3 Å². The summed E-state index contributed by atoms with van der Waals surface area (Å²) in [6.07, 6.45) is 0. The number of pyridine rings is 1. The SMILES string of the molecule is Cc1nc(-c2cc3ccccc3[nH]c2=O)no1. The van der Waals surface area contributed by atoms with E-state index in [1.165, 1.54) is 0 Å². The number of aryl methyl sites for hydroxylation is 1. The fourth-order valence-electron chi connectivity index (χ4n) is 1.72. The molecule has 17 heavy (non-hydrogen) atoms.